The first-order valence-corrected chi connectivity index (χ1v) is 6.53. The average molecular weight is 319 g/mol. The van der Waals surface area contributed by atoms with E-state index in [2.05, 4.69) is 10.3 Å². The quantitative estimate of drug-likeness (QED) is 0.570. The topological polar surface area (TPSA) is 141 Å². The predicted octanol–water partition coefficient (Wildman–Crippen LogP) is -0.0308. The van der Waals surface area contributed by atoms with E-state index in [0.717, 1.165) is 16.7 Å². The summed E-state index contributed by atoms with van der Waals surface area (Å²) in [5.41, 5.74) is -1.20. The van der Waals surface area contributed by atoms with Crippen molar-refractivity contribution in [2.24, 2.45) is 0 Å². The zero-order valence-electron chi connectivity index (χ0n) is 11.8. The Balaban J connectivity index is 2.01. The second kappa shape index (κ2) is 6.60. The fourth-order valence-electron chi connectivity index (χ4n) is 1.83. The molecule has 0 saturated carbocycles. The first kappa shape index (κ1) is 16.0. The molecule has 2 rings (SSSR count). The lowest BCUT2D eigenvalue weighted by molar-refractivity contribution is -0.116. The van der Waals surface area contributed by atoms with E-state index in [4.69, 9.17) is 5.11 Å². The summed E-state index contributed by atoms with van der Waals surface area (Å²) >= 11 is 0. The highest BCUT2D eigenvalue weighted by Gasteiger charge is 2.10. The minimum Gasteiger partial charge on any atom is -0.506 e. The van der Waals surface area contributed by atoms with Crippen molar-refractivity contribution >= 4 is 17.6 Å². The van der Waals surface area contributed by atoms with Crippen molar-refractivity contribution in [3.63, 3.8) is 0 Å². The minimum absolute atomic E-state index is 0.0371. The summed E-state index contributed by atoms with van der Waals surface area (Å²) in [6.07, 6.45) is 1.19. The Labute approximate surface area is 128 Å². The molecule has 0 unspecified atom stereocenters. The number of benzene rings is 1. The maximum absolute atomic E-state index is 11.8. The molecule has 0 spiro atoms. The molecule has 1 aromatic carbocycles. The number of aromatic hydroxyl groups is 1. The van der Waals surface area contributed by atoms with Gasteiger partial charge >= 0.3 is 11.7 Å². The Morgan fingerprint density at radius 1 is 1.22 bits per heavy atom. The summed E-state index contributed by atoms with van der Waals surface area (Å²) in [5, 5.41) is 20.9. The minimum atomic E-state index is -1.20. The second-order valence-electron chi connectivity index (χ2n) is 4.64. The van der Waals surface area contributed by atoms with Gasteiger partial charge in [-0.2, -0.15) is 0 Å². The molecule has 0 atom stereocenters. The van der Waals surface area contributed by atoms with Gasteiger partial charge in [0.05, 0.1) is 11.3 Å². The van der Waals surface area contributed by atoms with Crippen LogP contribution in [0.3, 0.4) is 0 Å². The number of aryl methyl sites for hydroxylation is 1. The van der Waals surface area contributed by atoms with Crippen LogP contribution in [0.4, 0.5) is 5.69 Å². The highest BCUT2D eigenvalue weighted by molar-refractivity contribution is 5.94. The zero-order valence-corrected chi connectivity index (χ0v) is 11.8. The van der Waals surface area contributed by atoms with Crippen molar-refractivity contribution in [2.45, 2.75) is 13.0 Å². The molecule has 0 bridgehead atoms. The van der Waals surface area contributed by atoms with Crippen LogP contribution in [0.15, 0.2) is 40.1 Å². The molecular formula is C14H13N3O6. The fraction of sp³-hybridized carbons (Fsp3) is 0.143. The first-order valence-electron chi connectivity index (χ1n) is 6.53. The Morgan fingerprint density at radius 2 is 1.96 bits per heavy atom. The summed E-state index contributed by atoms with van der Waals surface area (Å²) in [6, 6.07) is 4.69. The number of aromatic amines is 1. The molecule has 0 aliphatic carbocycles. The number of aromatic nitrogens is 2. The van der Waals surface area contributed by atoms with Crippen molar-refractivity contribution in [2.75, 3.05) is 5.32 Å². The monoisotopic (exact) mass is 319 g/mol. The highest BCUT2D eigenvalue weighted by Crippen LogP contribution is 2.24. The highest BCUT2D eigenvalue weighted by atomic mass is 16.4. The van der Waals surface area contributed by atoms with E-state index in [1.807, 2.05) is 0 Å². The predicted molar refractivity (Wildman–Crippen MR) is 79.6 cm³/mol. The molecule has 0 fully saturated rings. The number of hydrogen-bond donors (Lipinski definition) is 4. The lowest BCUT2D eigenvalue weighted by Crippen LogP contribution is -2.29. The number of nitrogens with one attached hydrogen (secondary N) is 2. The third-order valence-corrected chi connectivity index (χ3v) is 3.00. The van der Waals surface area contributed by atoms with E-state index in [1.165, 1.54) is 18.3 Å². The number of carbonyl (C=O) groups is 2. The normalized spacial score (nSPS) is 10.3. The Hall–Kier alpha value is -3.36. The van der Waals surface area contributed by atoms with E-state index in [-0.39, 0.29) is 30.0 Å². The standard InChI is InChI=1S/C14H13N3O6/c18-10-7-8(13(21)22)1-2-9(10)15-11(19)3-5-17-6-4-12(20)16-14(17)23/h1-2,4,6-7,18H,3,5H2,(H,15,19)(H,21,22)(H,16,20,23). The molecule has 9 nitrogen and oxygen atoms in total. The Kier molecular flexibility index (Phi) is 4.60. The number of amides is 1. The summed E-state index contributed by atoms with van der Waals surface area (Å²) in [5.74, 6) is -2.06. The number of phenolic OH excluding ortho intramolecular Hbond substituents is 1. The van der Waals surface area contributed by atoms with Gasteiger partial charge in [-0.05, 0) is 18.2 Å². The molecule has 0 aliphatic heterocycles. The molecular weight excluding hydrogens is 306 g/mol. The van der Waals surface area contributed by atoms with E-state index in [0.29, 0.717) is 0 Å². The van der Waals surface area contributed by atoms with Gasteiger partial charge in [-0.15, -0.1) is 0 Å². The molecule has 0 radical (unpaired) electrons. The van der Waals surface area contributed by atoms with Gasteiger partial charge in [-0.1, -0.05) is 0 Å². The van der Waals surface area contributed by atoms with Crippen molar-refractivity contribution in [3.05, 3.63) is 56.9 Å². The van der Waals surface area contributed by atoms with Gasteiger partial charge in [0, 0.05) is 25.2 Å². The molecule has 9 heteroatoms. The molecule has 2 aromatic rings. The van der Waals surface area contributed by atoms with Gasteiger partial charge in [0.1, 0.15) is 5.75 Å². The smallest absolute Gasteiger partial charge is 0.335 e. The molecule has 23 heavy (non-hydrogen) atoms. The van der Waals surface area contributed by atoms with Crippen LogP contribution in [-0.2, 0) is 11.3 Å². The molecule has 1 aromatic heterocycles. The van der Waals surface area contributed by atoms with Crippen molar-refractivity contribution in [3.8, 4) is 5.75 Å². The molecule has 1 heterocycles. The van der Waals surface area contributed by atoms with Crippen molar-refractivity contribution in [1.29, 1.82) is 0 Å². The number of H-pyrrole nitrogens is 1. The summed E-state index contributed by atoms with van der Waals surface area (Å²) in [6.45, 7) is 0.0371. The number of carboxylic acid groups (broad SMARTS) is 1. The summed E-state index contributed by atoms with van der Waals surface area (Å²) < 4.78 is 1.16. The number of phenols is 1. The Morgan fingerprint density at radius 3 is 2.57 bits per heavy atom. The average Bonchev–Trinajstić information content (AvgIpc) is 2.48. The molecule has 0 aliphatic rings. The molecule has 120 valence electrons. The van der Waals surface area contributed by atoms with Gasteiger partial charge in [0.15, 0.2) is 0 Å². The van der Waals surface area contributed by atoms with Crippen LogP contribution < -0.4 is 16.6 Å². The van der Waals surface area contributed by atoms with Crippen molar-refractivity contribution < 1.29 is 19.8 Å². The lowest BCUT2D eigenvalue weighted by Gasteiger charge is -2.08. The number of anilines is 1. The number of nitrogens with zero attached hydrogens (tertiary/aromatic N) is 1. The molecule has 1 amide bonds. The first-order chi connectivity index (χ1) is 10.9. The van der Waals surface area contributed by atoms with Crippen LogP contribution in [-0.4, -0.2) is 31.6 Å². The van der Waals surface area contributed by atoms with Gasteiger partial charge in [-0.3, -0.25) is 14.6 Å². The number of carbonyl (C=O) groups excluding carboxylic acids is 1. The van der Waals surface area contributed by atoms with Crippen LogP contribution in [0.2, 0.25) is 0 Å². The number of carboxylic acids is 1. The van der Waals surface area contributed by atoms with E-state index >= 15 is 0 Å². The largest absolute Gasteiger partial charge is 0.506 e. The lowest BCUT2D eigenvalue weighted by atomic mass is 10.2. The number of hydrogen-bond acceptors (Lipinski definition) is 5. The molecule has 0 saturated heterocycles. The number of rotatable bonds is 5. The van der Waals surface area contributed by atoms with Gasteiger partial charge in [-0.25, -0.2) is 9.59 Å². The van der Waals surface area contributed by atoms with Crippen LogP contribution in [0.5, 0.6) is 5.75 Å². The van der Waals surface area contributed by atoms with Crippen LogP contribution >= 0.6 is 0 Å². The van der Waals surface area contributed by atoms with Crippen LogP contribution in [0, 0.1) is 0 Å². The maximum Gasteiger partial charge on any atom is 0.335 e. The Bertz CT molecular complexity index is 867. The second-order valence-corrected chi connectivity index (χ2v) is 4.64. The third kappa shape index (κ3) is 4.06. The maximum atomic E-state index is 11.8. The van der Waals surface area contributed by atoms with Crippen molar-refractivity contribution in [1.82, 2.24) is 9.55 Å². The SMILES string of the molecule is O=C(CCn1ccc(=O)[nH]c1=O)Nc1ccc(C(=O)O)cc1O. The summed E-state index contributed by atoms with van der Waals surface area (Å²) in [4.78, 5) is 47.0. The van der Waals surface area contributed by atoms with Gasteiger partial charge < -0.3 is 20.1 Å². The summed E-state index contributed by atoms with van der Waals surface area (Å²) in [7, 11) is 0. The van der Waals surface area contributed by atoms with E-state index in [1.54, 1.807) is 0 Å². The zero-order chi connectivity index (χ0) is 17.0. The molecule has 4 N–H and O–H groups in total. The number of aromatic carboxylic acids is 1. The van der Waals surface area contributed by atoms with Crippen LogP contribution in [0.25, 0.3) is 0 Å². The van der Waals surface area contributed by atoms with Gasteiger partial charge in [0.2, 0.25) is 5.91 Å². The van der Waals surface area contributed by atoms with E-state index < -0.39 is 23.1 Å². The fourth-order valence-corrected chi connectivity index (χ4v) is 1.83. The third-order valence-electron chi connectivity index (χ3n) is 3.00. The van der Waals surface area contributed by atoms with Crippen LogP contribution in [0.1, 0.15) is 16.8 Å². The van der Waals surface area contributed by atoms with E-state index in [9.17, 15) is 24.3 Å². The van der Waals surface area contributed by atoms with Gasteiger partial charge in [0.25, 0.3) is 5.56 Å².